The zero-order valence-electron chi connectivity index (χ0n) is 11.1. The summed E-state index contributed by atoms with van der Waals surface area (Å²) in [6.45, 7) is -0.00168. The molecule has 106 valence electrons. The summed E-state index contributed by atoms with van der Waals surface area (Å²) >= 11 is 1.41. The van der Waals surface area contributed by atoms with Crippen LogP contribution in [-0.4, -0.2) is 10.1 Å². The maximum atomic E-state index is 13.6. The van der Waals surface area contributed by atoms with Gasteiger partial charge in [-0.1, -0.05) is 30.3 Å². The first kappa shape index (κ1) is 13.7. The molecule has 21 heavy (non-hydrogen) atoms. The standard InChI is InChI=1S/C16H13FN2OS/c17-13-6-1-2-7-14(13)18-16-19-15(10-21-16)12-5-3-4-11(8-12)9-20/h1-8,10,20H,9H2,(H,18,19). The van der Waals surface area contributed by atoms with E-state index in [1.54, 1.807) is 18.2 Å². The van der Waals surface area contributed by atoms with Crippen LogP contribution in [0.2, 0.25) is 0 Å². The van der Waals surface area contributed by atoms with Crippen LogP contribution in [0, 0.1) is 5.82 Å². The second-order valence-electron chi connectivity index (χ2n) is 4.50. The number of benzene rings is 2. The van der Waals surface area contributed by atoms with Gasteiger partial charge in [0, 0.05) is 10.9 Å². The zero-order chi connectivity index (χ0) is 14.7. The summed E-state index contributed by atoms with van der Waals surface area (Å²) in [7, 11) is 0. The molecule has 0 radical (unpaired) electrons. The van der Waals surface area contributed by atoms with E-state index in [1.807, 2.05) is 29.6 Å². The van der Waals surface area contributed by atoms with E-state index < -0.39 is 0 Å². The normalized spacial score (nSPS) is 10.6. The maximum Gasteiger partial charge on any atom is 0.187 e. The Balaban J connectivity index is 1.85. The summed E-state index contributed by atoms with van der Waals surface area (Å²) in [6.07, 6.45) is 0. The minimum Gasteiger partial charge on any atom is -0.392 e. The van der Waals surface area contributed by atoms with Crippen molar-refractivity contribution in [1.82, 2.24) is 4.98 Å². The van der Waals surface area contributed by atoms with Crippen molar-refractivity contribution in [2.75, 3.05) is 5.32 Å². The SMILES string of the molecule is OCc1cccc(-c2csc(Nc3ccccc3F)n2)c1. The Kier molecular flexibility index (Phi) is 3.94. The monoisotopic (exact) mass is 300 g/mol. The van der Waals surface area contributed by atoms with E-state index in [1.165, 1.54) is 17.4 Å². The molecule has 3 rings (SSSR count). The first-order valence-corrected chi connectivity index (χ1v) is 7.31. The minimum absolute atomic E-state index is 0.00168. The lowest BCUT2D eigenvalue weighted by Gasteiger charge is -2.03. The summed E-state index contributed by atoms with van der Waals surface area (Å²) < 4.78 is 13.6. The van der Waals surface area contributed by atoms with Crippen LogP contribution < -0.4 is 5.32 Å². The predicted molar refractivity (Wildman–Crippen MR) is 83.2 cm³/mol. The lowest BCUT2D eigenvalue weighted by Crippen LogP contribution is -1.92. The smallest absolute Gasteiger partial charge is 0.187 e. The average molecular weight is 300 g/mol. The Bertz CT molecular complexity index is 757. The Morgan fingerprint density at radius 2 is 2.00 bits per heavy atom. The molecule has 0 saturated carbocycles. The molecule has 1 heterocycles. The quantitative estimate of drug-likeness (QED) is 0.759. The molecule has 0 spiro atoms. The van der Waals surface area contributed by atoms with Crippen LogP contribution in [0.15, 0.2) is 53.9 Å². The van der Waals surface area contributed by atoms with E-state index in [0.29, 0.717) is 10.8 Å². The van der Waals surface area contributed by atoms with Crippen molar-refractivity contribution >= 4 is 22.2 Å². The minimum atomic E-state index is -0.309. The Hall–Kier alpha value is -2.24. The largest absolute Gasteiger partial charge is 0.392 e. The lowest BCUT2D eigenvalue weighted by molar-refractivity contribution is 0.282. The fourth-order valence-electron chi connectivity index (χ4n) is 1.97. The van der Waals surface area contributed by atoms with Crippen molar-refractivity contribution in [3.8, 4) is 11.3 Å². The molecule has 0 aliphatic heterocycles. The van der Waals surface area contributed by atoms with E-state index in [9.17, 15) is 4.39 Å². The van der Waals surface area contributed by atoms with Gasteiger partial charge in [0.05, 0.1) is 18.0 Å². The number of halogens is 1. The number of aliphatic hydroxyl groups is 1. The van der Waals surface area contributed by atoms with Gasteiger partial charge in [-0.25, -0.2) is 9.37 Å². The molecule has 2 aromatic carbocycles. The van der Waals surface area contributed by atoms with Gasteiger partial charge in [-0.3, -0.25) is 0 Å². The summed E-state index contributed by atoms with van der Waals surface area (Å²) in [4.78, 5) is 4.45. The van der Waals surface area contributed by atoms with Gasteiger partial charge in [-0.05, 0) is 23.8 Å². The fourth-order valence-corrected chi connectivity index (χ4v) is 2.70. The van der Waals surface area contributed by atoms with E-state index >= 15 is 0 Å². The van der Waals surface area contributed by atoms with Crippen LogP contribution in [0.1, 0.15) is 5.56 Å². The third-order valence-electron chi connectivity index (χ3n) is 3.02. The number of rotatable bonds is 4. The third kappa shape index (κ3) is 3.09. The second-order valence-corrected chi connectivity index (χ2v) is 5.36. The fraction of sp³-hybridized carbons (Fsp3) is 0.0625. The third-order valence-corrected chi connectivity index (χ3v) is 3.78. The Morgan fingerprint density at radius 3 is 2.81 bits per heavy atom. The second kappa shape index (κ2) is 6.03. The number of hydrogen-bond donors (Lipinski definition) is 2. The number of nitrogens with one attached hydrogen (secondary N) is 1. The molecule has 0 fully saturated rings. The van der Waals surface area contributed by atoms with Gasteiger partial charge in [0.25, 0.3) is 0 Å². The number of nitrogens with zero attached hydrogens (tertiary/aromatic N) is 1. The molecule has 5 heteroatoms. The van der Waals surface area contributed by atoms with Gasteiger partial charge in [0.2, 0.25) is 0 Å². The van der Waals surface area contributed by atoms with Gasteiger partial charge in [-0.2, -0.15) is 0 Å². The van der Waals surface area contributed by atoms with Gasteiger partial charge < -0.3 is 10.4 Å². The number of aliphatic hydroxyl groups excluding tert-OH is 1. The highest BCUT2D eigenvalue weighted by Gasteiger charge is 2.07. The lowest BCUT2D eigenvalue weighted by atomic mass is 10.1. The molecule has 3 aromatic rings. The molecular weight excluding hydrogens is 287 g/mol. The highest BCUT2D eigenvalue weighted by Crippen LogP contribution is 2.28. The molecule has 0 unspecified atom stereocenters. The van der Waals surface area contributed by atoms with Crippen LogP contribution >= 0.6 is 11.3 Å². The van der Waals surface area contributed by atoms with Crippen LogP contribution in [0.25, 0.3) is 11.3 Å². The van der Waals surface area contributed by atoms with Gasteiger partial charge >= 0.3 is 0 Å². The van der Waals surface area contributed by atoms with Crippen LogP contribution in [-0.2, 0) is 6.61 Å². The molecule has 2 N–H and O–H groups in total. The molecule has 0 bridgehead atoms. The van der Waals surface area contributed by atoms with Gasteiger partial charge in [0.15, 0.2) is 5.13 Å². The van der Waals surface area contributed by atoms with Gasteiger partial charge in [0.1, 0.15) is 5.82 Å². The van der Waals surface area contributed by atoms with Crippen molar-refractivity contribution in [3.63, 3.8) is 0 Å². The highest BCUT2D eigenvalue weighted by molar-refractivity contribution is 7.14. The molecule has 0 atom stereocenters. The molecular formula is C16H13FN2OS. The van der Waals surface area contributed by atoms with Crippen molar-refractivity contribution < 1.29 is 9.50 Å². The first-order chi connectivity index (χ1) is 10.3. The van der Waals surface area contributed by atoms with Crippen molar-refractivity contribution in [2.45, 2.75) is 6.61 Å². The number of para-hydroxylation sites is 1. The average Bonchev–Trinajstić information content (AvgIpc) is 2.98. The van der Waals surface area contributed by atoms with E-state index in [4.69, 9.17) is 5.11 Å². The number of hydrogen-bond acceptors (Lipinski definition) is 4. The first-order valence-electron chi connectivity index (χ1n) is 6.43. The van der Waals surface area contributed by atoms with Crippen LogP contribution in [0.5, 0.6) is 0 Å². The summed E-state index contributed by atoms with van der Waals surface area (Å²) in [5, 5.41) is 14.7. The van der Waals surface area contributed by atoms with E-state index in [0.717, 1.165) is 16.8 Å². The van der Waals surface area contributed by atoms with E-state index in [-0.39, 0.29) is 12.4 Å². The number of aromatic nitrogens is 1. The van der Waals surface area contributed by atoms with Crippen molar-refractivity contribution in [1.29, 1.82) is 0 Å². The topological polar surface area (TPSA) is 45.1 Å². The number of thiazole rings is 1. The molecule has 0 aliphatic rings. The number of anilines is 2. The molecule has 3 nitrogen and oxygen atoms in total. The highest BCUT2D eigenvalue weighted by atomic mass is 32.1. The predicted octanol–water partition coefficient (Wildman–Crippen LogP) is 4.19. The van der Waals surface area contributed by atoms with Crippen molar-refractivity contribution in [3.05, 3.63) is 65.3 Å². The summed E-state index contributed by atoms with van der Waals surface area (Å²) in [5.74, 6) is -0.309. The van der Waals surface area contributed by atoms with Crippen LogP contribution in [0.3, 0.4) is 0 Å². The zero-order valence-corrected chi connectivity index (χ0v) is 11.9. The summed E-state index contributed by atoms with van der Waals surface area (Å²) in [5.41, 5.74) is 2.97. The Morgan fingerprint density at radius 1 is 1.14 bits per heavy atom. The molecule has 0 aliphatic carbocycles. The molecule has 0 saturated heterocycles. The van der Waals surface area contributed by atoms with Crippen LogP contribution in [0.4, 0.5) is 15.2 Å². The Labute approximate surface area is 125 Å². The molecule has 0 amide bonds. The maximum absolute atomic E-state index is 13.6. The van der Waals surface area contributed by atoms with Gasteiger partial charge in [-0.15, -0.1) is 11.3 Å². The molecule has 1 aromatic heterocycles. The van der Waals surface area contributed by atoms with E-state index in [2.05, 4.69) is 10.3 Å². The van der Waals surface area contributed by atoms with Crippen molar-refractivity contribution in [2.24, 2.45) is 0 Å². The summed E-state index contributed by atoms with van der Waals surface area (Å²) in [6, 6.07) is 14.0.